The van der Waals surface area contributed by atoms with Gasteiger partial charge in [0.1, 0.15) is 10.4 Å². The Bertz CT molecular complexity index is 1350. The number of benzene rings is 2. The molecule has 0 bridgehead atoms. The molecule has 1 aliphatic heterocycles. The van der Waals surface area contributed by atoms with Crippen molar-refractivity contribution >= 4 is 27.5 Å². The normalized spacial score (nSPS) is 18.4. The van der Waals surface area contributed by atoms with Gasteiger partial charge in [0.05, 0.1) is 0 Å². The standard InChI is InChI=1S/C24H25N5O4S/c1-16-25-23(28-33-16)24(14-6-2-3-7-15-24)27-22(30)17-10-12-18(13-11-17)26-21-19-8-4-5-9-20(19)34(31,32)29-21/h4-5,8-13H,2-3,6-7,14-15H2,1H3,(H,26,29)(H,27,30). The summed E-state index contributed by atoms with van der Waals surface area (Å²) in [6.45, 7) is 1.74. The third kappa shape index (κ3) is 4.21. The fourth-order valence-electron chi connectivity index (χ4n) is 4.56. The van der Waals surface area contributed by atoms with Crippen molar-refractivity contribution in [3.8, 4) is 0 Å². The van der Waals surface area contributed by atoms with E-state index in [-0.39, 0.29) is 16.6 Å². The molecule has 2 aromatic carbocycles. The number of aryl methyl sites for hydroxylation is 1. The van der Waals surface area contributed by atoms with Gasteiger partial charge in [0, 0.05) is 23.7 Å². The van der Waals surface area contributed by atoms with Crippen LogP contribution in [-0.2, 0) is 15.6 Å². The van der Waals surface area contributed by atoms with E-state index in [4.69, 9.17) is 4.52 Å². The highest BCUT2D eigenvalue weighted by atomic mass is 32.2. The van der Waals surface area contributed by atoms with Crippen molar-refractivity contribution in [1.29, 1.82) is 0 Å². The zero-order chi connectivity index (χ0) is 23.8. The van der Waals surface area contributed by atoms with Gasteiger partial charge in [0.15, 0.2) is 11.7 Å². The van der Waals surface area contributed by atoms with Gasteiger partial charge >= 0.3 is 0 Å². The van der Waals surface area contributed by atoms with Crippen LogP contribution in [0.2, 0.25) is 0 Å². The van der Waals surface area contributed by atoms with Crippen molar-refractivity contribution in [1.82, 2.24) is 15.5 Å². The van der Waals surface area contributed by atoms with E-state index in [1.54, 1.807) is 49.4 Å². The van der Waals surface area contributed by atoms with Gasteiger partial charge in [0.2, 0.25) is 5.89 Å². The number of rotatable bonds is 4. The Morgan fingerprint density at radius 1 is 1.00 bits per heavy atom. The smallest absolute Gasteiger partial charge is 0.285 e. The number of carbonyl (C=O) groups is 1. The first-order valence-electron chi connectivity index (χ1n) is 11.3. The third-order valence-electron chi connectivity index (χ3n) is 6.31. The molecule has 176 valence electrons. The maximum Gasteiger partial charge on any atom is 0.285 e. The van der Waals surface area contributed by atoms with Crippen LogP contribution in [0.5, 0.6) is 0 Å². The van der Waals surface area contributed by atoms with Crippen molar-refractivity contribution < 1.29 is 17.7 Å². The number of fused-ring (bicyclic) bond motifs is 1. The number of nitrogens with zero attached hydrogens (tertiary/aromatic N) is 3. The van der Waals surface area contributed by atoms with Crippen LogP contribution in [-0.4, -0.2) is 30.3 Å². The van der Waals surface area contributed by atoms with Crippen LogP contribution in [0.25, 0.3) is 0 Å². The van der Waals surface area contributed by atoms with Crippen LogP contribution in [0.3, 0.4) is 0 Å². The van der Waals surface area contributed by atoms with Crippen molar-refractivity contribution in [3.05, 3.63) is 71.4 Å². The molecule has 5 rings (SSSR count). The van der Waals surface area contributed by atoms with E-state index in [2.05, 4.69) is 25.2 Å². The van der Waals surface area contributed by atoms with Gasteiger partial charge < -0.3 is 15.2 Å². The topological polar surface area (TPSA) is 127 Å². The predicted octanol–water partition coefficient (Wildman–Crippen LogP) is 3.92. The van der Waals surface area contributed by atoms with Crippen molar-refractivity contribution in [2.45, 2.75) is 55.9 Å². The van der Waals surface area contributed by atoms with Crippen LogP contribution in [0.1, 0.15) is 66.2 Å². The first kappa shape index (κ1) is 22.3. The monoisotopic (exact) mass is 479 g/mol. The third-order valence-corrected chi connectivity index (χ3v) is 7.64. The summed E-state index contributed by atoms with van der Waals surface area (Å²) in [6, 6.07) is 13.5. The molecule has 1 aliphatic carbocycles. The summed E-state index contributed by atoms with van der Waals surface area (Å²) >= 11 is 0. The Balaban J connectivity index is 1.35. The lowest BCUT2D eigenvalue weighted by Crippen LogP contribution is -2.46. The molecule has 10 heteroatoms. The molecule has 34 heavy (non-hydrogen) atoms. The molecule has 9 nitrogen and oxygen atoms in total. The Hall–Kier alpha value is -3.53. The molecule has 1 amide bonds. The number of amides is 1. The van der Waals surface area contributed by atoms with E-state index in [1.165, 1.54) is 6.07 Å². The van der Waals surface area contributed by atoms with Gasteiger partial charge in [-0.2, -0.15) is 13.4 Å². The highest BCUT2D eigenvalue weighted by Crippen LogP contribution is 2.35. The molecule has 0 saturated heterocycles. The minimum atomic E-state index is -3.71. The maximum atomic E-state index is 13.2. The predicted molar refractivity (Wildman–Crippen MR) is 126 cm³/mol. The quantitative estimate of drug-likeness (QED) is 0.543. The number of amidine groups is 1. The second-order valence-corrected chi connectivity index (χ2v) is 10.3. The highest BCUT2D eigenvalue weighted by molar-refractivity contribution is 7.90. The summed E-state index contributed by atoms with van der Waals surface area (Å²) in [5, 5.41) is 10.4. The van der Waals surface area contributed by atoms with Crippen LogP contribution in [0.4, 0.5) is 5.69 Å². The summed E-state index contributed by atoms with van der Waals surface area (Å²) in [6.07, 6.45) is 5.68. The van der Waals surface area contributed by atoms with Gasteiger partial charge in [-0.3, -0.25) is 4.79 Å². The molecule has 0 radical (unpaired) electrons. The van der Waals surface area contributed by atoms with E-state index < -0.39 is 15.6 Å². The molecule has 1 aromatic heterocycles. The first-order valence-corrected chi connectivity index (χ1v) is 12.8. The minimum Gasteiger partial charge on any atom is -0.340 e. The molecule has 1 fully saturated rings. The Labute approximate surface area is 197 Å². The number of aromatic nitrogens is 2. The molecular formula is C24H25N5O4S. The molecule has 3 aromatic rings. The van der Waals surface area contributed by atoms with Gasteiger partial charge in [-0.15, -0.1) is 4.40 Å². The number of sulfonamides is 1. The molecular weight excluding hydrogens is 454 g/mol. The Morgan fingerprint density at radius 2 is 1.71 bits per heavy atom. The largest absolute Gasteiger partial charge is 0.340 e. The van der Waals surface area contributed by atoms with Gasteiger partial charge in [-0.25, -0.2) is 0 Å². The van der Waals surface area contributed by atoms with Gasteiger partial charge in [0.25, 0.3) is 15.9 Å². The van der Waals surface area contributed by atoms with Gasteiger partial charge in [-0.05, 0) is 49.2 Å². The number of nitrogens with one attached hydrogen (secondary N) is 2. The van der Waals surface area contributed by atoms with E-state index in [9.17, 15) is 13.2 Å². The maximum absolute atomic E-state index is 13.2. The van der Waals surface area contributed by atoms with E-state index in [0.29, 0.717) is 28.5 Å². The Kier molecular flexibility index (Phi) is 5.68. The van der Waals surface area contributed by atoms with Gasteiger partial charge in [-0.1, -0.05) is 43.0 Å². The van der Waals surface area contributed by atoms with Crippen LogP contribution in [0, 0.1) is 6.92 Å². The summed E-state index contributed by atoms with van der Waals surface area (Å²) in [5.74, 6) is 1.04. The zero-order valence-corrected chi connectivity index (χ0v) is 19.6. The molecule has 2 N–H and O–H groups in total. The number of hydrogen-bond donors (Lipinski definition) is 2. The van der Waals surface area contributed by atoms with E-state index >= 15 is 0 Å². The van der Waals surface area contributed by atoms with Crippen LogP contribution < -0.4 is 10.6 Å². The van der Waals surface area contributed by atoms with Crippen LogP contribution >= 0.6 is 0 Å². The first-order chi connectivity index (χ1) is 16.4. The lowest BCUT2D eigenvalue weighted by Gasteiger charge is -2.30. The van der Waals surface area contributed by atoms with Crippen molar-refractivity contribution in [2.24, 2.45) is 4.40 Å². The summed E-state index contributed by atoms with van der Waals surface area (Å²) in [7, 11) is -3.71. The average molecular weight is 480 g/mol. The van der Waals surface area contributed by atoms with E-state index in [0.717, 1.165) is 38.5 Å². The summed E-state index contributed by atoms with van der Waals surface area (Å²) in [5.41, 5.74) is 0.977. The summed E-state index contributed by atoms with van der Waals surface area (Å²) in [4.78, 5) is 17.8. The second-order valence-electron chi connectivity index (χ2n) is 8.70. The Morgan fingerprint density at radius 3 is 2.38 bits per heavy atom. The molecule has 2 aliphatic rings. The van der Waals surface area contributed by atoms with E-state index in [1.807, 2.05) is 0 Å². The SMILES string of the molecule is Cc1nc(C2(NC(=O)c3ccc(NC4=NS(=O)(=O)c5ccccc54)cc3)CCCCCC2)no1. The fraction of sp³-hybridized carbons (Fsp3) is 0.333. The molecule has 0 unspecified atom stereocenters. The lowest BCUT2D eigenvalue weighted by atomic mass is 9.88. The molecule has 1 saturated carbocycles. The molecule has 2 heterocycles. The summed E-state index contributed by atoms with van der Waals surface area (Å²) < 4.78 is 33.6. The number of hydrogen-bond acceptors (Lipinski definition) is 7. The lowest BCUT2D eigenvalue weighted by molar-refractivity contribution is 0.0876. The second kappa shape index (κ2) is 8.68. The number of anilines is 1. The zero-order valence-electron chi connectivity index (χ0n) is 18.7. The molecule has 0 atom stereocenters. The fourth-order valence-corrected chi connectivity index (χ4v) is 5.73. The number of carbonyl (C=O) groups excluding carboxylic acids is 1. The van der Waals surface area contributed by atoms with Crippen molar-refractivity contribution in [2.75, 3.05) is 5.32 Å². The van der Waals surface area contributed by atoms with Crippen LogP contribution in [0.15, 0.2) is 62.3 Å². The molecule has 0 spiro atoms. The minimum absolute atomic E-state index is 0.180. The van der Waals surface area contributed by atoms with Crippen molar-refractivity contribution in [3.63, 3.8) is 0 Å². The average Bonchev–Trinajstić information content (AvgIpc) is 3.27. The highest BCUT2D eigenvalue weighted by Gasteiger charge is 2.39.